The second-order valence-corrected chi connectivity index (χ2v) is 8.75. The van der Waals surface area contributed by atoms with Crippen LogP contribution < -0.4 is 14.8 Å². The third-order valence-corrected chi connectivity index (χ3v) is 7.37. The van der Waals surface area contributed by atoms with E-state index in [2.05, 4.69) is 33.6 Å². The number of ether oxygens (including phenoxy) is 3. The van der Waals surface area contributed by atoms with E-state index in [1.54, 1.807) is 14.2 Å². The number of rotatable bonds is 6. The molecule has 8 heteroatoms. The van der Waals surface area contributed by atoms with Crippen molar-refractivity contribution in [2.45, 2.75) is 29.9 Å². The number of guanidine groups is 1. The Labute approximate surface area is 196 Å². The standard InChI is InChI=1S/C21H33N3O3S.HI/c1-22-20(23-15-21(28-4)6-9-27-10-7-21)24-8-5-16(14-24)17-11-18(25-2)13-19(12-17)26-3;/h11-13,16H,5-10,14-15H2,1-4H3,(H,22,23);1H. The van der Waals surface area contributed by atoms with Crippen LogP contribution >= 0.6 is 35.7 Å². The lowest BCUT2D eigenvalue weighted by Crippen LogP contribution is -2.48. The van der Waals surface area contributed by atoms with E-state index < -0.39 is 0 Å². The molecule has 29 heavy (non-hydrogen) atoms. The van der Waals surface area contributed by atoms with E-state index >= 15 is 0 Å². The molecule has 6 nitrogen and oxygen atoms in total. The van der Waals surface area contributed by atoms with Crippen molar-refractivity contribution in [3.05, 3.63) is 23.8 Å². The predicted octanol–water partition coefficient (Wildman–Crippen LogP) is 3.60. The maximum absolute atomic E-state index is 5.56. The van der Waals surface area contributed by atoms with E-state index in [1.807, 2.05) is 24.9 Å². The highest BCUT2D eigenvalue weighted by atomic mass is 127. The number of hydrogen-bond donors (Lipinski definition) is 1. The van der Waals surface area contributed by atoms with Gasteiger partial charge in [-0.3, -0.25) is 4.99 Å². The van der Waals surface area contributed by atoms with E-state index in [9.17, 15) is 0 Å². The van der Waals surface area contributed by atoms with Crippen LogP contribution in [0.5, 0.6) is 11.5 Å². The number of hydrogen-bond acceptors (Lipinski definition) is 5. The summed E-state index contributed by atoms with van der Waals surface area (Å²) in [6.45, 7) is 4.58. The number of nitrogens with zero attached hydrogens (tertiary/aromatic N) is 2. The van der Waals surface area contributed by atoms with Gasteiger partial charge in [-0.2, -0.15) is 11.8 Å². The van der Waals surface area contributed by atoms with Crippen LogP contribution in [-0.4, -0.2) is 76.0 Å². The van der Waals surface area contributed by atoms with Crippen LogP contribution in [0.25, 0.3) is 0 Å². The maximum Gasteiger partial charge on any atom is 0.193 e. The van der Waals surface area contributed by atoms with Crippen LogP contribution in [0.2, 0.25) is 0 Å². The SMILES string of the molecule is CN=C(NCC1(SC)CCOCC1)N1CCC(c2cc(OC)cc(OC)c2)C1.I. The fraction of sp³-hybridized carbons (Fsp3) is 0.667. The first kappa shape index (κ1) is 24.4. The van der Waals surface area contributed by atoms with Gasteiger partial charge in [0, 0.05) is 56.6 Å². The van der Waals surface area contributed by atoms with Crippen molar-refractivity contribution in [1.29, 1.82) is 0 Å². The van der Waals surface area contributed by atoms with Crippen molar-refractivity contribution in [2.24, 2.45) is 4.99 Å². The molecule has 0 amide bonds. The molecule has 1 atom stereocenters. The molecule has 0 aromatic heterocycles. The molecular weight excluding hydrogens is 501 g/mol. The van der Waals surface area contributed by atoms with E-state index in [-0.39, 0.29) is 28.7 Å². The van der Waals surface area contributed by atoms with Crippen molar-refractivity contribution < 1.29 is 14.2 Å². The summed E-state index contributed by atoms with van der Waals surface area (Å²) in [6.07, 6.45) is 5.48. The first-order valence-corrected chi connectivity index (χ1v) is 11.2. The summed E-state index contributed by atoms with van der Waals surface area (Å²) in [5.41, 5.74) is 1.26. The van der Waals surface area contributed by atoms with E-state index in [4.69, 9.17) is 14.2 Å². The Morgan fingerprint density at radius 3 is 2.45 bits per heavy atom. The minimum atomic E-state index is 0. The lowest BCUT2D eigenvalue weighted by atomic mass is 9.98. The topological polar surface area (TPSA) is 55.3 Å². The van der Waals surface area contributed by atoms with Crippen molar-refractivity contribution in [3.63, 3.8) is 0 Å². The fourth-order valence-electron chi connectivity index (χ4n) is 4.06. The zero-order valence-electron chi connectivity index (χ0n) is 17.9. The van der Waals surface area contributed by atoms with Crippen LogP contribution in [0, 0.1) is 0 Å². The minimum Gasteiger partial charge on any atom is -0.497 e. The number of nitrogens with one attached hydrogen (secondary N) is 1. The Kier molecular flexibility index (Phi) is 9.68. The zero-order valence-corrected chi connectivity index (χ0v) is 21.0. The van der Waals surface area contributed by atoms with Gasteiger partial charge in [0.15, 0.2) is 5.96 Å². The van der Waals surface area contributed by atoms with Gasteiger partial charge in [0.25, 0.3) is 0 Å². The highest BCUT2D eigenvalue weighted by Crippen LogP contribution is 2.34. The average Bonchev–Trinajstić information content (AvgIpc) is 3.24. The second-order valence-electron chi connectivity index (χ2n) is 7.48. The van der Waals surface area contributed by atoms with Gasteiger partial charge in [0.2, 0.25) is 0 Å². The molecular formula is C21H34IN3O3S. The van der Waals surface area contributed by atoms with Crippen molar-refractivity contribution in [1.82, 2.24) is 10.2 Å². The molecule has 2 saturated heterocycles. The third-order valence-electron chi connectivity index (χ3n) is 5.95. The molecule has 0 radical (unpaired) electrons. The maximum atomic E-state index is 5.56. The molecule has 0 spiro atoms. The Balaban J connectivity index is 0.00000300. The molecule has 2 aliphatic rings. The molecule has 1 unspecified atom stereocenters. The normalized spacial score (nSPS) is 21.4. The van der Waals surface area contributed by atoms with Gasteiger partial charge in [-0.25, -0.2) is 0 Å². The van der Waals surface area contributed by atoms with Gasteiger partial charge in [-0.1, -0.05) is 0 Å². The van der Waals surface area contributed by atoms with Gasteiger partial charge in [0.1, 0.15) is 11.5 Å². The van der Waals surface area contributed by atoms with Crippen molar-refractivity contribution >= 4 is 41.7 Å². The van der Waals surface area contributed by atoms with Gasteiger partial charge >= 0.3 is 0 Å². The van der Waals surface area contributed by atoms with Crippen LogP contribution in [0.15, 0.2) is 23.2 Å². The predicted molar refractivity (Wildman–Crippen MR) is 132 cm³/mol. The molecule has 2 fully saturated rings. The molecule has 1 aromatic rings. The van der Waals surface area contributed by atoms with Crippen LogP contribution in [-0.2, 0) is 4.74 Å². The summed E-state index contributed by atoms with van der Waals surface area (Å²) in [7, 11) is 5.27. The first-order chi connectivity index (χ1) is 13.6. The van der Waals surface area contributed by atoms with E-state index in [1.165, 1.54) is 5.56 Å². The Morgan fingerprint density at radius 1 is 1.24 bits per heavy atom. The number of likely N-dealkylation sites (tertiary alicyclic amines) is 1. The summed E-state index contributed by atoms with van der Waals surface area (Å²) in [5, 5.41) is 3.64. The first-order valence-electron chi connectivity index (χ1n) is 9.94. The van der Waals surface area contributed by atoms with Gasteiger partial charge in [-0.15, -0.1) is 24.0 Å². The molecule has 2 heterocycles. The third kappa shape index (κ3) is 6.07. The second kappa shape index (κ2) is 11.5. The van der Waals surface area contributed by atoms with Crippen molar-refractivity contribution in [3.8, 4) is 11.5 Å². The smallest absolute Gasteiger partial charge is 0.193 e. The summed E-state index contributed by atoms with van der Waals surface area (Å²) in [4.78, 5) is 6.92. The number of thioether (sulfide) groups is 1. The Hall–Kier alpha value is -0.870. The molecule has 3 rings (SSSR count). The monoisotopic (exact) mass is 535 g/mol. The molecule has 0 bridgehead atoms. The summed E-state index contributed by atoms with van der Waals surface area (Å²) < 4.78 is 16.7. The van der Waals surface area contributed by atoms with Crippen molar-refractivity contribution in [2.75, 3.05) is 60.4 Å². The molecule has 0 aliphatic carbocycles. The average molecular weight is 535 g/mol. The number of aliphatic imine (C=N–C) groups is 1. The molecule has 1 aromatic carbocycles. The van der Waals surface area contributed by atoms with E-state index in [0.717, 1.165) is 69.6 Å². The number of halogens is 1. The Morgan fingerprint density at radius 2 is 1.90 bits per heavy atom. The molecule has 0 saturated carbocycles. The van der Waals surface area contributed by atoms with Gasteiger partial charge in [-0.05, 0) is 43.2 Å². The molecule has 164 valence electrons. The van der Waals surface area contributed by atoms with Gasteiger partial charge < -0.3 is 24.4 Å². The van der Waals surface area contributed by atoms with E-state index in [0.29, 0.717) is 5.92 Å². The van der Waals surface area contributed by atoms with Gasteiger partial charge in [0.05, 0.1) is 14.2 Å². The van der Waals surface area contributed by atoms with Crippen LogP contribution in [0.4, 0.5) is 0 Å². The summed E-state index contributed by atoms with van der Waals surface area (Å²) >= 11 is 1.95. The van der Waals surface area contributed by atoms with Crippen LogP contribution in [0.3, 0.4) is 0 Å². The van der Waals surface area contributed by atoms with Crippen LogP contribution in [0.1, 0.15) is 30.7 Å². The highest BCUT2D eigenvalue weighted by Gasteiger charge is 2.33. The molecule has 1 N–H and O–H groups in total. The Bertz CT molecular complexity index is 661. The number of methoxy groups -OCH3 is 2. The largest absolute Gasteiger partial charge is 0.497 e. The summed E-state index contributed by atoms with van der Waals surface area (Å²) in [6, 6.07) is 6.17. The minimum absolute atomic E-state index is 0. The summed E-state index contributed by atoms with van der Waals surface area (Å²) in [5.74, 6) is 3.13. The lowest BCUT2D eigenvalue weighted by molar-refractivity contribution is 0.0781. The molecule has 2 aliphatic heterocycles. The zero-order chi connectivity index (χ0) is 20.0. The highest BCUT2D eigenvalue weighted by molar-refractivity contribution is 14.0. The quantitative estimate of drug-likeness (QED) is 0.342. The number of benzene rings is 1. The lowest BCUT2D eigenvalue weighted by Gasteiger charge is -2.37. The fourth-order valence-corrected chi connectivity index (χ4v) is 4.85.